The van der Waals surface area contributed by atoms with E-state index in [2.05, 4.69) is 176 Å². The lowest BCUT2D eigenvalue weighted by Gasteiger charge is -2.11. The van der Waals surface area contributed by atoms with Crippen molar-refractivity contribution < 1.29 is 26.5 Å². The summed E-state index contributed by atoms with van der Waals surface area (Å²) in [7, 11) is 0. The summed E-state index contributed by atoms with van der Waals surface area (Å²) in [5, 5.41) is 12.4. The summed E-state index contributed by atoms with van der Waals surface area (Å²) in [6.45, 7) is 0. The van der Waals surface area contributed by atoms with Crippen LogP contribution >= 0.6 is 0 Å². The van der Waals surface area contributed by atoms with Gasteiger partial charge < -0.3 is 26.5 Å². The Morgan fingerprint density at radius 1 is 0.167 bits per heavy atom. The Bertz CT molecular complexity index is 6540. The molecule has 14 aromatic carbocycles. The van der Waals surface area contributed by atoms with Gasteiger partial charge in [0.05, 0.1) is 33.5 Å². The number of aromatic nitrogens is 3. The normalized spacial score (nSPS) is 11.9. The van der Waals surface area contributed by atoms with Crippen LogP contribution in [0.3, 0.4) is 0 Å². The summed E-state index contributed by atoms with van der Waals surface area (Å²) in [6.07, 6.45) is 0. The molecule has 0 amide bonds. The van der Waals surface area contributed by atoms with Gasteiger partial charge >= 0.3 is 0 Å². The van der Waals surface area contributed by atoms with Gasteiger partial charge in [-0.05, 0) is 112 Å². The van der Waals surface area contributed by atoms with E-state index in [9.17, 15) is 0 Å². The minimum Gasteiger partial charge on any atom is -0.456 e. The van der Waals surface area contributed by atoms with E-state index in [4.69, 9.17) is 41.5 Å². The van der Waals surface area contributed by atoms with Gasteiger partial charge in [-0.25, -0.2) is 15.0 Å². The van der Waals surface area contributed by atoms with Crippen molar-refractivity contribution in [2.24, 2.45) is 0 Å². The maximum atomic E-state index is 6.73. The minimum atomic E-state index is 0.692. The zero-order chi connectivity index (χ0) is 66.9. The molecule has 0 aliphatic carbocycles. The van der Waals surface area contributed by atoms with Gasteiger partial charge in [0, 0.05) is 81.7 Å². The van der Waals surface area contributed by atoms with Crippen molar-refractivity contribution in [1.82, 2.24) is 15.0 Å². The van der Waals surface area contributed by atoms with Crippen molar-refractivity contribution in [3.63, 3.8) is 0 Å². The molecule has 9 heteroatoms. The molecular weight excluding hydrogens is 1260 g/mol. The third kappa shape index (κ3) is 9.22. The molecule has 0 radical (unpaired) electrons. The van der Waals surface area contributed by atoms with Crippen molar-refractivity contribution in [3.05, 3.63) is 322 Å². The first kappa shape index (κ1) is 57.2. The van der Waals surface area contributed by atoms with Gasteiger partial charge in [-0.1, -0.05) is 243 Å². The molecule has 22 aromatic rings. The van der Waals surface area contributed by atoms with Gasteiger partial charge in [0.2, 0.25) is 0 Å². The second-order valence-electron chi connectivity index (χ2n) is 25.9. The highest BCUT2D eigenvalue weighted by molar-refractivity contribution is 6.35. The third-order valence-electron chi connectivity index (χ3n) is 20.0. The Hall–Kier alpha value is -13.9. The van der Waals surface area contributed by atoms with Crippen LogP contribution in [-0.4, -0.2) is 15.0 Å². The lowest BCUT2D eigenvalue weighted by atomic mass is 9.95. The average Bonchev–Trinajstić information content (AvgIpc) is 1.55. The highest BCUT2D eigenvalue weighted by Crippen LogP contribution is 2.50. The van der Waals surface area contributed by atoms with Gasteiger partial charge in [0.25, 0.3) is 0 Å². The van der Waals surface area contributed by atoms with Crippen LogP contribution in [0.4, 0.5) is 0 Å². The molecule has 0 aliphatic heterocycles. The Labute approximate surface area is 581 Å². The zero-order valence-electron chi connectivity index (χ0n) is 54.4. The number of pyridine rings is 1. The van der Waals surface area contributed by atoms with Crippen molar-refractivity contribution in [2.45, 2.75) is 0 Å². The van der Waals surface area contributed by atoms with Crippen molar-refractivity contribution in [3.8, 4) is 89.8 Å². The summed E-state index contributed by atoms with van der Waals surface area (Å²) < 4.78 is 39.3. The minimum absolute atomic E-state index is 0.692. The van der Waals surface area contributed by atoms with E-state index in [1.807, 2.05) is 146 Å². The summed E-state index contributed by atoms with van der Waals surface area (Å²) in [6, 6.07) is 110. The summed E-state index contributed by atoms with van der Waals surface area (Å²) >= 11 is 0. The van der Waals surface area contributed by atoms with Gasteiger partial charge in [-0.3, -0.25) is 0 Å². The van der Waals surface area contributed by atoms with E-state index in [0.717, 1.165) is 216 Å². The standard InChI is InChI=1S/C47H27NO3.C46H26N2O3/c1-3-11-28(12-4-1)32-25-36(30-13-5-2-6-14-30)48-37(26-32)31-21-19-29(20-22-31)35-27-42-46(47-43(35)33-15-7-10-18-39(33)51-47)45-41(50-42)24-23-40-44(45)34-16-8-9-17-38(34)49-40;1-3-11-28(12-4-1)34-26-35(48-46(47-34)30-13-5-2-6-14-30)29-21-19-27(20-22-29)33-25-40-44(45-41(33)31-15-7-10-18-37(31)51-45)43-39(50-40)24-23-38-42(43)32-16-8-9-17-36(32)49-38/h1-27H;1-26H. The second kappa shape index (κ2) is 22.9. The summed E-state index contributed by atoms with van der Waals surface area (Å²) in [5.74, 6) is 0.692. The molecule has 0 atom stereocenters. The summed E-state index contributed by atoms with van der Waals surface area (Å²) in [5.41, 5.74) is 25.0. The quantitative estimate of drug-likeness (QED) is 0.147. The number of furan rings is 6. The van der Waals surface area contributed by atoms with Gasteiger partial charge in [0.15, 0.2) is 5.82 Å². The van der Waals surface area contributed by atoms with Crippen molar-refractivity contribution in [1.29, 1.82) is 0 Å². The lowest BCUT2D eigenvalue weighted by Crippen LogP contribution is -1.95. The number of nitrogens with zero attached hydrogens (tertiary/aromatic N) is 3. The Balaban J connectivity index is 0.000000133. The molecule has 102 heavy (non-hydrogen) atoms. The maximum absolute atomic E-state index is 6.73. The van der Waals surface area contributed by atoms with E-state index in [1.165, 1.54) is 0 Å². The Kier molecular flexibility index (Phi) is 12.8. The largest absolute Gasteiger partial charge is 0.456 e. The number of hydrogen-bond acceptors (Lipinski definition) is 9. The molecule has 8 aromatic heterocycles. The van der Waals surface area contributed by atoms with E-state index >= 15 is 0 Å². The predicted molar refractivity (Wildman–Crippen MR) is 413 cm³/mol. The number of benzene rings is 14. The molecule has 0 N–H and O–H groups in total. The first-order valence-electron chi connectivity index (χ1n) is 34.1. The fourth-order valence-corrected chi connectivity index (χ4v) is 15.3. The third-order valence-corrected chi connectivity index (χ3v) is 20.0. The molecule has 8 heterocycles. The lowest BCUT2D eigenvalue weighted by molar-refractivity contribution is 0.660. The van der Waals surface area contributed by atoms with Gasteiger partial charge in [-0.15, -0.1) is 0 Å². The van der Waals surface area contributed by atoms with Crippen LogP contribution in [0, 0.1) is 0 Å². The number of para-hydroxylation sites is 4. The van der Waals surface area contributed by atoms with Crippen LogP contribution in [0.1, 0.15) is 0 Å². The molecular formula is C93H53N3O6. The van der Waals surface area contributed by atoms with Crippen molar-refractivity contribution >= 4 is 132 Å². The molecule has 0 bridgehead atoms. The number of fused-ring (bicyclic) bond motifs is 22. The van der Waals surface area contributed by atoms with Crippen molar-refractivity contribution in [2.75, 3.05) is 0 Å². The average molecular weight is 1310 g/mol. The van der Waals surface area contributed by atoms with E-state index in [1.54, 1.807) is 0 Å². The first-order chi connectivity index (χ1) is 50.5. The second-order valence-corrected chi connectivity index (χ2v) is 25.9. The maximum Gasteiger partial charge on any atom is 0.160 e. The predicted octanol–water partition coefficient (Wildman–Crippen LogP) is 26.3. The van der Waals surface area contributed by atoms with Crippen LogP contribution in [0.5, 0.6) is 0 Å². The summed E-state index contributed by atoms with van der Waals surface area (Å²) in [4.78, 5) is 15.2. The van der Waals surface area contributed by atoms with E-state index < -0.39 is 0 Å². The smallest absolute Gasteiger partial charge is 0.160 e. The van der Waals surface area contributed by atoms with Gasteiger partial charge in [0.1, 0.15) is 67.0 Å². The highest BCUT2D eigenvalue weighted by Gasteiger charge is 2.27. The molecule has 22 rings (SSSR count). The highest BCUT2D eigenvalue weighted by atomic mass is 16.4. The SMILES string of the molecule is c1ccc(-c2cc(-c3ccc(-c4cc5oc6ccc7oc8ccccc8c7c6c5c5oc6ccccc6c45)cc3)nc(-c3ccccc3)n2)cc1.c1ccc(-c2cc(-c3ccccc3)nc(-c3ccc(-c4cc5oc6ccc7oc8ccccc8c7c6c5c5oc6ccccc6c45)cc3)c2)cc1. The number of hydrogen-bond donors (Lipinski definition) is 0. The fourth-order valence-electron chi connectivity index (χ4n) is 15.3. The fraction of sp³-hybridized carbons (Fsp3) is 0. The van der Waals surface area contributed by atoms with Crippen LogP contribution in [0.25, 0.3) is 221 Å². The van der Waals surface area contributed by atoms with Crippen LogP contribution in [-0.2, 0) is 0 Å². The number of rotatable bonds is 8. The van der Waals surface area contributed by atoms with E-state index in [-0.39, 0.29) is 0 Å². The molecule has 0 unspecified atom stereocenters. The van der Waals surface area contributed by atoms with Crippen LogP contribution < -0.4 is 0 Å². The van der Waals surface area contributed by atoms with Crippen LogP contribution in [0.2, 0.25) is 0 Å². The zero-order valence-corrected chi connectivity index (χ0v) is 54.4. The topological polar surface area (TPSA) is 118 Å². The monoisotopic (exact) mass is 1310 g/mol. The molecule has 0 aliphatic rings. The molecule has 0 saturated heterocycles. The molecule has 476 valence electrons. The van der Waals surface area contributed by atoms with E-state index in [0.29, 0.717) is 5.82 Å². The molecule has 9 nitrogen and oxygen atoms in total. The first-order valence-corrected chi connectivity index (χ1v) is 34.1. The molecule has 0 fully saturated rings. The van der Waals surface area contributed by atoms with Gasteiger partial charge in [-0.2, -0.15) is 0 Å². The Morgan fingerprint density at radius 2 is 0.471 bits per heavy atom. The molecule has 0 spiro atoms. The van der Waals surface area contributed by atoms with Crippen LogP contribution in [0.15, 0.2) is 348 Å². The Morgan fingerprint density at radius 3 is 0.882 bits per heavy atom. The molecule has 0 saturated carbocycles.